The van der Waals surface area contributed by atoms with Gasteiger partial charge in [0.1, 0.15) is 17.1 Å². The maximum atomic E-state index is 12.8. The molecule has 0 bridgehead atoms. The smallest absolute Gasteiger partial charge is 0.253 e. The standard InChI is InChI=1S/C22H29N3O4S/c1-16-7-5-6-10-18(16)19(26)15-30(28,29)25-13-11-22(12-14-25)21(27)23-20(24-22)17-8-3-2-4-9-17/h5-7,10,17H,2-4,8-9,11-15H2,1H3,(H,23,24,27). The van der Waals surface area contributed by atoms with Crippen LogP contribution >= 0.6 is 0 Å². The first-order valence-corrected chi connectivity index (χ1v) is 12.4. The van der Waals surface area contributed by atoms with Crippen LogP contribution in [0, 0.1) is 12.8 Å². The van der Waals surface area contributed by atoms with Gasteiger partial charge in [0, 0.05) is 24.6 Å². The molecule has 1 aromatic carbocycles. The van der Waals surface area contributed by atoms with E-state index in [1.54, 1.807) is 25.1 Å². The summed E-state index contributed by atoms with van der Waals surface area (Å²) in [6.07, 6.45) is 6.37. The Labute approximate surface area is 178 Å². The molecule has 1 aliphatic carbocycles. The average Bonchev–Trinajstić information content (AvgIpc) is 3.05. The van der Waals surface area contributed by atoms with Crippen LogP contribution in [-0.4, -0.2) is 54.6 Å². The Balaban J connectivity index is 1.42. The first kappa shape index (κ1) is 21.2. The number of amides is 1. The molecule has 8 heteroatoms. The molecule has 1 amide bonds. The third-order valence-corrected chi connectivity index (χ3v) is 8.47. The highest BCUT2D eigenvalue weighted by atomic mass is 32.2. The third kappa shape index (κ3) is 4.07. The lowest BCUT2D eigenvalue weighted by atomic mass is 9.88. The number of amidine groups is 1. The van der Waals surface area contributed by atoms with E-state index in [-0.39, 0.29) is 19.0 Å². The number of benzene rings is 1. The van der Waals surface area contributed by atoms with Crippen molar-refractivity contribution in [2.45, 2.75) is 57.4 Å². The van der Waals surface area contributed by atoms with E-state index in [1.165, 1.54) is 10.7 Å². The van der Waals surface area contributed by atoms with E-state index in [1.807, 2.05) is 6.07 Å². The van der Waals surface area contributed by atoms with E-state index >= 15 is 0 Å². The van der Waals surface area contributed by atoms with Crippen LogP contribution in [0.15, 0.2) is 29.3 Å². The molecule has 162 valence electrons. The summed E-state index contributed by atoms with van der Waals surface area (Å²) in [6, 6.07) is 7.01. The summed E-state index contributed by atoms with van der Waals surface area (Å²) >= 11 is 0. The summed E-state index contributed by atoms with van der Waals surface area (Å²) in [6.45, 7) is 2.21. The molecule has 0 radical (unpaired) electrons. The largest absolute Gasteiger partial charge is 0.312 e. The van der Waals surface area contributed by atoms with Crippen molar-refractivity contribution in [1.29, 1.82) is 0 Å². The fraction of sp³-hybridized carbons (Fsp3) is 0.591. The van der Waals surface area contributed by atoms with Gasteiger partial charge in [0.05, 0.1) is 0 Å². The molecule has 2 fully saturated rings. The molecule has 3 aliphatic rings. The molecule has 2 heterocycles. The Morgan fingerprint density at radius 1 is 1.17 bits per heavy atom. The summed E-state index contributed by atoms with van der Waals surface area (Å²) in [7, 11) is -3.74. The van der Waals surface area contributed by atoms with Crippen molar-refractivity contribution in [1.82, 2.24) is 9.62 Å². The number of aryl methyl sites for hydroxylation is 1. The summed E-state index contributed by atoms with van der Waals surface area (Å²) in [4.78, 5) is 30.1. The number of Topliss-reactive ketones (excluding diaryl/α,β-unsaturated/α-hetero) is 1. The summed E-state index contributed by atoms with van der Waals surface area (Å²) < 4.78 is 27.0. The summed E-state index contributed by atoms with van der Waals surface area (Å²) in [5.41, 5.74) is 0.354. The number of carbonyl (C=O) groups is 2. The second-order valence-corrected chi connectivity index (χ2v) is 10.7. The van der Waals surface area contributed by atoms with Gasteiger partial charge in [-0.3, -0.25) is 14.6 Å². The quantitative estimate of drug-likeness (QED) is 0.725. The van der Waals surface area contributed by atoms with E-state index < -0.39 is 27.1 Å². The highest BCUT2D eigenvalue weighted by Crippen LogP contribution is 2.34. The number of sulfonamides is 1. The van der Waals surface area contributed by atoms with Crippen molar-refractivity contribution in [3.8, 4) is 0 Å². The highest BCUT2D eigenvalue weighted by Gasteiger charge is 2.48. The normalized spacial score (nSPS) is 22.7. The number of aliphatic imine (C=N–C) groups is 1. The molecule has 1 saturated heterocycles. The zero-order valence-electron chi connectivity index (χ0n) is 17.4. The number of nitrogens with zero attached hydrogens (tertiary/aromatic N) is 2. The average molecular weight is 432 g/mol. The van der Waals surface area contributed by atoms with Gasteiger partial charge in [-0.25, -0.2) is 12.7 Å². The number of ketones is 1. The van der Waals surface area contributed by atoms with Crippen molar-refractivity contribution in [3.63, 3.8) is 0 Å². The highest BCUT2D eigenvalue weighted by molar-refractivity contribution is 7.89. The molecular formula is C22H29N3O4S. The van der Waals surface area contributed by atoms with Crippen molar-refractivity contribution in [2.24, 2.45) is 10.9 Å². The maximum Gasteiger partial charge on any atom is 0.253 e. The topological polar surface area (TPSA) is 95.9 Å². The van der Waals surface area contributed by atoms with Gasteiger partial charge in [-0.1, -0.05) is 43.5 Å². The summed E-state index contributed by atoms with van der Waals surface area (Å²) in [5, 5.41) is 2.99. The fourth-order valence-electron chi connectivity index (χ4n) is 4.80. The first-order chi connectivity index (χ1) is 14.3. The van der Waals surface area contributed by atoms with Gasteiger partial charge in [-0.05, 0) is 38.2 Å². The Bertz CT molecular complexity index is 972. The molecule has 1 aromatic rings. The lowest BCUT2D eigenvalue weighted by molar-refractivity contribution is -0.125. The number of rotatable bonds is 5. The van der Waals surface area contributed by atoms with E-state index in [9.17, 15) is 18.0 Å². The predicted molar refractivity (Wildman–Crippen MR) is 115 cm³/mol. The number of carbonyl (C=O) groups excluding carboxylic acids is 2. The molecule has 4 rings (SSSR count). The first-order valence-electron chi connectivity index (χ1n) is 10.8. The minimum Gasteiger partial charge on any atom is -0.312 e. The van der Waals surface area contributed by atoms with Gasteiger partial charge >= 0.3 is 0 Å². The maximum absolute atomic E-state index is 12.8. The van der Waals surface area contributed by atoms with E-state index in [0.717, 1.165) is 37.1 Å². The minimum absolute atomic E-state index is 0.101. The van der Waals surface area contributed by atoms with Gasteiger partial charge in [-0.2, -0.15) is 0 Å². The molecule has 0 aromatic heterocycles. The Kier molecular flexibility index (Phi) is 5.81. The molecule has 1 saturated carbocycles. The molecule has 7 nitrogen and oxygen atoms in total. The third-order valence-electron chi connectivity index (χ3n) is 6.69. The molecule has 0 unspecified atom stereocenters. The van der Waals surface area contributed by atoms with Crippen LogP contribution in [0.5, 0.6) is 0 Å². The predicted octanol–water partition coefficient (Wildman–Crippen LogP) is 2.45. The number of hydrogen-bond acceptors (Lipinski definition) is 5. The zero-order chi connectivity index (χ0) is 21.4. The second-order valence-electron chi connectivity index (χ2n) is 8.71. The van der Waals surface area contributed by atoms with Crippen molar-refractivity contribution in [3.05, 3.63) is 35.4 Å². The molecule has 1 spiro atoms. The molecular weight excluding hydrogens is 402 g/mol. The van der Waals surface area contributed by atoms with E-state index in [4.69, 9.17) is 4.99 Å². The Morgan fingerprint density at radius 2 is 1.83 bits per heavy atom. The monoisotopic (exact) mass is 431 g/mol. The Morgan fingerprint density at radius 3 is 2.50 bits per heavy atom. The van der Waals surface area contributed by atoms with E-state index in [0.29, 0.717) is 24.3 Å². The minimum atomic E-state index is -3.74. The van der Waals surface area contributed by atoms with Crippen molar-refractivity contribution in [2.75, 3.05) is 18.8 Å². The number of nitrogens with one attached hydrogen (secondary N) is 1. The number of piperidine rings is 1. The van der Waals surface area contributed by atoms with Crippen LogP contribution in [-0.2, 0) is 14.8 Å². The van der Waals surface area contributed by atoms with Crippen LogP contribution < -0.4 is 5.32 Å². The van der Waals surface area contributed by atoms with Gasteiger partial charge in [0.25, 0.3) is 5.91 Å². The summed E-state index contributed by atoms with van der Waals surface area (Å²) in [5.74, 6) is 0.0650. The second kappa shape index (κ2) is 8.23. The van der Waals surface area contributed by atoms with Gasteiger partial charge in [-0.15, -0.1) is 0 Å². The molecule has 0 atom stereocenters. The van der Waals surface area contributed by atoms with Crippen LogP contribution in [0.1, 0.15) is 60.9 Å². The lowest BCUT2D eigenvalue weighted by Gasteiger charge is -2.34. The van der Waals surface area contributed by atoms with Crippen molar-refractivity contribution < 1.29 is 18.0 Å². The SMILES string of the molecule is Cc1ccccc1C(=O)CS(=O)(=O)N1CCC2(CC1)N=C(C1CCCCC1)NC2=O. The van der Waals surface area contributed by atoms with Gasteiger partial charge < -0.3 is 5.32 Å². The lowest BCUT2D eigenvalue weighted by Crippen LogP contribution is -2.51. The zero-order valence-corrected chi connectivity index (χ0v) is 18.2. The Hall–Kier alpha value is -2.06. The molecule has 30 heavy (non-hydrogen) atoms. The van der Waals surface area contributed by atoms with Crippen LogP contribution in [0.25, 0.3) is 0 Å². The van der Waals surface area contributed by atoms with E-state index in [2.05, 4.69) is 5.32 Å². The van der Waals surface area contributed by atoms with Crippen LogP contribution in [0.2, 0.25) is 0 Å². The number of hydrogen-bond donors (Lipinski definition) is 1. The van der Waals surface area contributed by atoms with Crippen molar-refractivity contribution >= 4 is 27.5 Å². The van der Waals surface area contributed by atoms with Gasteiger partial charge in [0.15, 0.2) is 5.78 Å². The van der Waals surface area contributed by atoms with Crippen LogP contribution in [0.4, 0.5) is 0 Å². The van der Waals surface area contributed by atoms with Gasteiger partial charge in [0.2, 0.25) is 10.0 Å². The van der Waals surface area contributed by atoms with Crippen LogP contribution in [0.3, 0.4) is 0 Å². The molecule has 1 N–H and O–H groups in total. The molecule has 2 aliphatic heterocycles. The fourth-order valence-corrected chi connectivity index (χ4v) is 6.21.